The Morgan fingerprint density at radius 3 is 2.86 bits per heavy atom. The number of hydrogen-bond donors (Lipinski definition) is 2. The van der Waals surface area contributed by atoms with Crippen LogP contribution in [0.3, 0.4) is 0 Å². The topological polar surface area (TPSA) is 77.0 Å². The molecule has 1 fully saturated rings. The van der Waals surface area contributed by atoms with E-state index in [0.29, 0.717) is 19.0 Å². The zero-order chi connectivity index (χ0) is 10.1. The Bertz CT molecular complexity index is 319. The fraction of sp³-hybridized carbons (Fsp3) is 0.778. The third-order valence-electron chi connectivity index (χ3n) is 2.80. The van der Waals surface area contributed by atoms with Crippen LogP contribution in [0.25, 0.3) is 0 Å². The van der Waals surface area contributed by atoms with Crippen LogP contribution in [0.5, 0.6) is 0 Å². The predicted molar refractivity (Wildman–Crippen MR) is 51.4 cm³/mol. The summed E-state index contributed by atoms with van der Waals surface area (Å²) in [4.78, 5) is 0. The Balaban J connectivity index is 2.04. The van der Waals surface area contributed by atoms with Gasteiger partial charge in [-0.25, -0.2) is 4.68 Å². The van der Waals surface area contributed by atoms with Gasteiger partial charge in [-0.3, -0.25) is 0 Å². The first-order valence-electron chi connectivity index (χ1n) is 4.99. The maximum absolute atomic E-state index is 9.73. The highest BCUT2D eigenvalue weighted by molar-refractivity contribution is 5.07. The fourth-order valence-corrected chi connectivity index (χ4v) is 1.57. The van der Waals surface area contributed by atoms with E-state index < -0.39 is 0 Å². The average molecular weight is 196 g/mol. The minimum Gasteiger partial charge on any atom is -0.391 e. The molecule has 1 unspecified atom stereocenters. The van der Waals surface area contributed by atoms with Crippen LogP contribution in [-0.2, 0) is 13.1 Å². The summed E-state index contributed by atoms with van der Waals surface area (Å²) in [5, 5.41) is 17.6. The fourth-order valence-electron chi connectivity index (χ4n) is 1.57. The summed E-state index contributed by atoms with van der Waals surface area (Å²) < 4.78 is 1.74. The van der Waals surface area contributed by atoms with Crippen molar-refractivity contribution in [3.63, 3.8) is 0 Å². The van der Waals surface area contributed by atoms with Gasteiger partial charge in [-0.1, -0.05) is 5.21 Å². The molecule has 1 aromatic rings. The second-order valence-corrected chi connectivity index (χ2v) is 3.91. The van der Waals surface area contributed by atoms with Gasteiger partial charge in [0.25, 0.3) is 0 Å². The van der Waals surface area contributed by atoms with Crippen molar-refractivity contribution in [1.82, 2.24) is 15.0 Å². The molecule has 78 valence electrons. The largest absolute Gasteiger partial charge is 0.391 e. The molecule has 0 saturated heterocycles. The van der Waals surface area contributed by atoms with Crippen LogP contribution >= 0.6 is 0 Å². The van der Waals surface area contributed by atoms with Crippen LogP contribution in [0.1, 0.15) is 24.2 Å². The maximum Gasteiger partial charge on any atom is 0.0991 e. The van der Waals surface area contributed by atoms with Gasteiger partial charge in [0.1, 0.15) is 0 Å². The Labute approximate surface area is 82.9 Å². The smallest absolute Gasteiger partial charge is 0.0991 e. The molecule has 1 aliphatic rings. The molecule has 0 aromatic carbocycles. The van der Waals surface area contributed by atoms with Crippen molar-refractivity contribution in [2.24, 2.45) is 11.7 Å². The van der Waals surface area contributed by atoms with Crippen molar-refractivity contribution in [1.29, 1.82) is 0 Å². The van der Waals surface area contributed by atoms with Gasteiger partial charge in [-0.05, 0) is 25.7 Å². The summed E-state index contributed by atoms with van der Waals surface area (Å²) in [6, 6.07) is 0. The lowest BCUT2D eigenvalue weighted by Gasteiger charge is -2.09. The molecule has 0 bridgehead atoms. The van der Waals surface area contributed by atoms with Crippen LogP contribution in [0.15, 0.2) is 0 Å². The van der Waals surface area contributed by atoms with Crippen molar-refractivity contribution >= 4 is 0 Å². The molecular formula is C9H16N4O. The quantitative estimate of drug-likeness (QED) is 0.700. The van der Waals surface area contributed by atoms with Crippen LogP contribution < -0.4 is 5.73 Å². The van der Waals surface area contributed by atoms with Crippen LogP contribution in [-0.4, -0.2) is 26.2 Å². The molecule has 2 rings (SSSR count). The first kappa shape index (κ1) is 9.61. The Hall–Kier alpha value is -0.940. The lowest BCUT2D eigenvalue weighted by atomic mass is 10.2. The lowest BCUT2D eigenvalue weighted by Crippen LogP contribution is -2.20. The van der Waals surface area contributed by atoms with Crippen molar-refractivity contribution in [3.8, 4) is 0 Å². The molecule has 1 atom stereocenters. The monoisotopic (exact) mass is 196 g/mol. The van der Waals surface area contributed by atoms with E-state index in [0.717, 1.165) is 24.2 Å². The van der Waals surface area contributed by atoms with E-state index in [1.54, 1.807) is 4.68 Å². The molecule has 1 saturated carbocycles. The lowest BCUT2D eigenvalue weighted by molar-refractivity contribution is 0.125. The molecule has 1 aliphatic carbocycles. The van der Waals surface area contributed by atoms with E-state index in [1.807, 2.05) is 6.92 Å². The molecule has 0 radical (unpaired) electrons. The normalized spacial score (nSPS) is 18.5. The van der Waals surface area contributed by atoms with Gasteiger partial charge < -0.3 is 10.8 Å². The van der Waals surface area contributed by atoms with E-state index in [1.165, 1.54) is 0 Å². The molecule has 0 amide bonds. The summed E-state index contributed by atoms with van der Waals surface area (Å²) in [5.41, 5.74) is 7.27. The van der Waals surface area contributed by atoms with Crippen molar-refractivity contribution in [3.05, 3.63) is 11.4 Å². The standard InChI is InChI=1S/C9H16N4O/c1-6-8(4-10)11-12-13(6)5-9(14)7-2-3-7/h7,9,14H,2-5,10H2,1H3. The highest BCUT2D eigenvalue weighted by Crippen LogP contribution is 2.33. The summed E-state index contributed by atoms with van der Waals surface area (Å²) in [7, 11) is 0. The van der Waals surface area contributed by atoms with Crippen molar-refractivity contribution < 1.29 is 5.11 Å². The molecule has 0 spiro atoms. The number of aromatic nitrogens is 3. The Morgan fingerprint density at radius 2 is 2.36 bits per heavy atom. The number of aliphatic hydroxyl groups is 1. The average Bonchev–Trinajstić information content (AvgIpc) is 2.95. The van der Waals surface area contributed by atoms with Gasteiger partial charge in [0.05, 0.1) is 24.0 Å². The summed E-state index contributed by atoms with van der Waals surface area (Å²) in [5.74, 6) is 0.472. The van der Waals surface area contributed by atoms with Gasteiger partial charge >= 0.3 is 0 Å². The second-order valence-electron chi connectivity index (χ2n) is 3.91. The number of aliphatic hydroxyl groups excluding tert-OH is 1. The maximum atomic E-state index is 9.73. The van der Waals surface area contributed by atoms with E-state index in [4.69, 9.17) is 5.73 Å². The molecule has 0 aliphatic heterocycles. The predicted octanol–water partition coefficient (Wildman–Crippen LogP) is -0.184. The zero-order valence-electron chi connectivity index (χ0n) is 8.35. The minimum atomic E-state index is -0.277. The van der Waals surface area contributed by atoms with E-state index >= 15 is 0 Å². The van der Waals surface area contributed by atoms with E-state index in [2.05, 4.69) is 10.3 Å². The molecule has 3 N–H and O–H groups in total. The summed E-state index contributed by atoms with van der Waals surface area (Å²) in [6.07, 6.45) is 2.00. The van der Waals surface area contributed by atoms with Crippen molar-refractivity contribution in [2.75, 3.05) is 0 Å². The first-order chi connectivity index (χ1) is 6.72. The minimum absolute atomic E-state index is 0.277. The van der Waals surface area contributed by atoms with Gasteiger partial charge in [-0.15, -0.1) is 5.10 Å². The molecule has 1 aromatic heterocycles. The Morgan fingerprint density at radius 1 is 1.64 bits per heavy atom. The summed E-state index contributed by atoms with van der Waals surface area (Å²) in [6.45, 7) is 2.89. The molecule has 14 heavy (non-hydrogen) atoms. The van der Waals surface area contributed by atoms with Crippen LogP contribution in [0.4, 0.5) is 0 Å². The number of nitrogens with two attached hydrogens (primary N) is 1. The Kier molecular flexibility index (Phi) is 2.52. The van der Waals surface area contributed by atoms with Crippen LogP contribution in [0, 0.1) is 12.8 Å². The van der Waals surface area contributed by atoms with E-state index in [-0.39, 0.29) is 6.10 Å². The van der Waals surface area contributed by atoms with E-state index in [9.17, 15) is 5.11 Å². The summed E-state index contributed by atoms with van der Waals surface area (Å²) >= 11 is 0. The molecular weight excluding hydrogens is 180 g/mol. The SMILES string of the molecule is Cc1c(CN)nnn1CC(O)C1CC1. The molecule has 5 heteroatoms. The molecule has 1 heterocycles. The van der Waals surface area contributed by atoms with Crippen LogP contribution in [0.2, 0.25) is 0 Å². The number of rotatable bonds is 4. The molecule has 5 nitrogen and oxygen atoms in total. The first-order valence-corrected chi connectivity index (χ1v) is 4.99. The zero-order valence-corrected chi connectivity index (χ0v) is 8.35. The number of nitrogens with zero attached hydrogens (tertiary/aromatic N) is 3. The highest BCUT2D eigenvalue weighted by Gasteiger charge is 2.30. The highest BCUT2D eigenvalue weighted by atomic mass is 16.3. The second kappa shape index (κ2) is 3.67. The third-order valence-corrected chi connectivity index (χ3v) is 2.80. The van der Waals surface area contributed by atoms with Gasteiger partial charge in [-0.2, -0.15) is 0 Å². The number of hydrogen-bond acceptors (Lipinski definition) is 4. The van der Waals surface area contributed by atoms with Gasteiger partial charge in [0.15, 0.2) is 0 Å². The van der Waals surface area contributed by atoms with Gasteiger partial charge in [0.2, 0.25) is 0 Å². The third kappa shape index (κ3) is 1.78. The van der Waals surface area contributed by atoms with Crippen molar-refractivity contribution in [2.45, 2.75) is 39.0 Å². The van der Waals surface area contributed by atoms with Gasteiger partial charge in [0, 0.05) is 6.54 Å².